The van der Waals surface area contributed by atoms with Crippen LogP contribution in [0, 0.1) is 29.6 Å². The van der Waals surface area contributed by atoms with Crippen LogP contribution in [-0.2, 0) is 4.74 Å². The van der Waals surface area contributed by atoms with Crippen LogP contribution in [0.1, 0.15) is 87.0 Å². The standard InChI is InChI=1S/C18H30O.2C2H6/c1-4-5-15-13(3)19-11-18-16-8-6-12(2)10-14(16)7-9-17(15)18;2*1-2/h7,12-13,15-18H,4-6,8-11H2,1-3H3;2*1-2H3. The first-order valence-corrected chi connectivity index (χ1v) is 10.5. The third-order valence-electron chi connectivity index (χ3n) is 6.08. The third-order valence-corrected chi connectivity index (χ3v) is 6.08. The van der Waals surface area contributed by atoms with Crippen LogP contribution in [0.4, 0.5) is 0 Å². The van der Waals surface area contributed by atoms with Crippen molar-refractivity contribution >= 4 is 0 Å². The molecule has 0 aromatic rings. The average Bonchev–Trinajstić information content (AvgIpc) is 2.60. The van der Waals surface area contributed by atoms with E-state index in [1.807, 2.05) is 27.7 Å². The number of allylic oxidation sites excluding steroid dienone is 2. The number of ether oxygens (including phenoxy) is 1. The molecule has 1 nitrogen and oxygen atoms in total. The van der Waals surface area contributed by atoms with Gasteiger partial charge in [-0.2, -0.15) is 0 Å². The molecule has 23 heavy (non-hydrogen) atoms. The van der Waals surface area contributed by atoms with Crippen molar-refractivity contribution in [3.63, 3.8) is 0 Å². The van der Waals surface area contributed by atoms with Gasteiger partial charge in [0.05, 0.1) is 12.7 Å². The van der Waals surface area contributed by atoms with E-state index in [0.717, 1.165) is 36.2 Å². The molecule has 0 aromatic carbocycles. The van der Waals surface area contributed by atoms with E-state index < -0.39 is 0 Å². The van der Waals surface area contributed by atoms with Gasteiger partial charge in [0, 0.05) is 0 Å². The van der Waals surface area contributed by atoms with Gasteiger partial charge in [0.25, 0.3) is 0 Å². The number of fused-ring (bicyclic) bond motifs is 3. The summed E-state index contributed by atoms with van der Waals surface area (Å²) in [5, 5.41) is 0. The molecule has 1 saturated heterocycles. The zero-order valence-corrected chi connectivity index (χ0v) is 16.9. The van der Waals surface area contributed by atoms with Gasteiger partial charge in [0.1, 0.15) is 0 Å². The highest BCUT2D eigenvalue weighted by atomic mass is 16.5. The first-order chi connectivity index (χ1) is 11.2. The van der Waals surface area contributed by atoms with Crippen LogP contribution in [0.2, 0.25) is 0 Å². The summed E-state index contributed by atoms with van der Waals surface area (Å²) in [5.74, 6) is 4.32. The number of hydrogen-bond donors (Lipinski definition) is 0. The van der Waals surface area contributed by atoms with Crippen molar-refractivity contribution < 1.29 is 4.74 Å². The average molecular weight is 323 g/mol. The zero-order valence-electron chi connectivity index (χ0n) is 16.9. The molecule has 2 fully saturated rings. The zero-order chi connectivity index (χ0) is 17.4. The summed E-state index contributed by atoms with van der Waals surface area (Å²) >= 11 is 0. The van der Waals surface area contributed by atoms with Crippen molar-refractivity contribution in [2.75, 3.05) is 6.61 Å². The largest absolute Gasteiger partial charge is 0.378 e. The second-order valence-electron chi connectivity index (χ2n) is 7.33. The summed E-state index contributed by atoms with van der Waals surface area (Å²) in [4.78, 5) is 0. The molecule has 0 bridgehead atoms. The summed E-state index contributed by atoms with van der Waals surface area (Å²) in [6.45, 7) is 16.1. The van der Waals surface area contributed by atoms with Gasteiger partial charge in [-0.25, -0.2) is 0 Å². The fraction of sp³-hybridized carbons (Fsp3) is 0.909. The van der Waals surface area contributed by atoms with E-state index in [9.17, 15) is 0 Å². The Morgan fingerprint density at radius 2 is 1.74 bits per heavy atom. The van der Waals surface area contributed by atoms with Crippen molar-refractivity contribution in [1.29, 1.82) is 0 Å². The second kappa shape index (κ2) is 10.5. The number of rotatable bonds is 2. The van der Waals surface area contributed by atoms with Gasteiger partial charge in [-0.1, -0.05) is 59.6 Å². The van der Waals surface area contributed by atoms with Crippen LogP contribution in [0.3, 0.4) is 0 Å². The minimum absolute atomic E-state index is 0.485. The highest BCUT2D eigenvalue weighted by Crippen LogP contribution is 2.50. The molecule has 0 aromatic heterocycles. The molecule has 1 heterocycles. The summed E-state index contributed by atoms with van der Waals surface area (Å²) in [5.41, 5.74) is 1.79. The lowest BCUT2D eigenvalue weighted by Crippen LogP contribution is -2.46. The molecule has 0 amide bonds. The maximum atomic E-state index is 6.16. The second-order valence-corrected chi connectivity index (χ2v) is 7.33. The van der Waals surface area contributed by atoms with E-state index >= 15 is 0 Å². The fourth-order valence-corrected chi connectivity index (χ4v) is 5.04. The monoisotopic (exact) mass is 322 g/mol. The lowest BCUT2D eigenvalue weighted by molar-refractivity contribution is -0.103. The summed E-state index contributed by atoms with van der Waals surface area (Å²) in [6.07, 6.45) is 11.3. The Morgan fingerprint density at radius 1 is 1.04 bits per heavy atom. The van der Waals surface area contributed by atoms with E-state index in [2.05, 4.69) is 26.8 Å². The molecule has 0 spiro atoms. The van der Waals surface area contributed by atoms with Crippen LogP contribution in [0.5, 0.6) is 0 Å². The van der Waals surface area contributed by atoms with Crippen molar-refractivity contribution in [3.05, 3.63) is 11.6 Å². The molecular weight excluding hydrogens is 280 g/mol. The summed E-state index contributed by atoms with van der Waals surface area (Å²) in [7, 11) is 0. The SMILES string of the molecule is CC.CC.CCCC1C(C)OCC2C3CCC(C)CC3=CCC12. The van der Waals surface area contributed by atoms with Crippen LogP contribution in [-0.4, -0.2) is 12.7 Å². The summed E-state index contributed by atoms with van der Waals surface area (Å²) in [6, 6.07) is 0. The van der Waals surface area contributed by atoms with Gasteiger partial charge >= 0.3 is 0 Å². The van der Waals surface area contributed by atoms with Crippen LogP contribution in [0.15, 0.2) is 11.6 Å². The molecule has 6 unspecified atom stereocenters. The Kier molecular flexibility index (Phi) is 9.51. The maximum absolute atomic E-state index is 6.16. The molecule has 3 aliphatic rings. The van der Waals surface area contributed by atoms with Gasteiger partial charge in [-0.05, 0) is 68.6 Å². The van der Waals surface area contributed by atoms with Gasteiger partial charge in [-0.15, -0.1) is 0 Å². The van der Waals surface area contributed by atoms with E-state index in [0.29, 0.717) is 6.10 Å². The lowest BCUT2D eigenvalue weighted by Gasteiger charge is -2.49. The number of hydrogen-bond acceptors (Lipinski definition) is 1. The topological polar surface area (TPSA) is 9.23 Å². The first-order valence-electron chi connectivity index (χ1n) is 10.5. The first kappa shape index (κ1) is 20.7. The normalized spacial score (nSPS) is 38.7. The van der Waals surface area contributed by atoms with E-state index in [4.69, 9.17) is 4.74 Å². The predicted molar refractivity (Wildman–Crippen MR) is 103 cm³/mol. The Labute approximate surface area is 146 Å². The Bertz CT molecular complexity index is 346. The minimum Gasteiger partial charge on any atom is -0.378 e. The van der Waals surface area contributed by atoms with Crippen molar-refractivity contribution in [2.45, 2.75) is 93.1 Å². The fourth-order valence-electron chi connectivity index (χ4n) is 5.04. The van der Waals surface area contributed by atoms with Gasteiger partial charge in [0.2, 0.25) is 0 Å². The molecule has 1 aliphatic heterocycles. The highest BCUT2D eigenvalue weighted by Gasteiger charge is 2.44. The van der Waals surface area contributed by atoms with Crippen molar-refractivity contribution in [1.82, 2.24) is 0 Å². The molecule has 3 rings (SSSR count). The highest BCUT2D eigenvalue weighted by molar-refractivity contribution is 5.17. The van der Waals surface area contributed by atoms with Crippen LogP contribution in [0.25, 0.3) is 0 Å². The molecule has 2 aliphatic carbocycles. The quantitative estimate of drug-likeness (QED) is 0.504. The molecule has 136 valence electrons. The van der Waals surface area contributed by atoms with Crippen molar-refractivity contribution in [3.8, 4) is 0 Å². The Morgan fingerprint density at radius 3 is 2.39 bits per heavy atom. The molecular formula is C22H42O. The third kappa shape index (κ3) is 4.84. The minimum atomic E-state index is 0.485. The predicted octanol–water partition coefficient (Wildman–Crippen LogP) is 6.87. The van der Waals surface area contributed by atoms with Crippen molar-refractivity contribution in [2.24, 2.45) is 29.6 Å². The van der Waals surface area contributed by atoms with Crippen LogP contribution < -0.4 is 0 Å². The van der Waals surface area contributed by atoms with E-state index in [1.165, 1.54) is 38.5 Å². The molecule has 0 radical (unpaired) electrons. The van der Waals surface area contributed by atoms with E-state index in [1.54, 1.807) is 5.57 Å². The lowest BCUT2D eigenvalue weighted by atomic mass is 9.60. The molecule has 1 saturated carbocycles. The smallest absolute Gasteiger partial charge is 0.0578 e. The van der Waals surface area contributed by atoms with Crippen LogP contribution >= 0.6 is 0 Å². The maximum Gasteiger partial charge on any atom is 0.0578 e. The van der Waals surface area contributed by atoms with Gasteiger partial charge < -0.3 is 4.74 Å². The Hall–Kier alpha value is -0.300. The Balaban J connectivity index is 0.000000615. The van der Waals surface area contributed by atoms with E-state index in [-0.39, 0.29) is 0 Å². The van der Waals surface area contributed by atoms with Gasteiger partial charge in [0.15, 0.2) is 0 Å². The summed E-state index contributed by atoms with van der Waals surface area (Å²) < 4.78 is 6.16. The molecule has 6 atom stereocenters. The molecule has 0 N–H and O–H groups in total. The molecule has 1 heteroatoms. The van der Waals surface area contributed by atoms with Gasteiger partial charge in [-0.3, -0.25) is 0 Å².